The maximum absolute atomic E-state index is 5.78. The molecule has 2 heterocycles. The highest BCUT2D eigenvalue weighted by Crippen LogP contribution is 2.39. The average molecular weight is 204 g/mol. The highest BCUT2D eigenvalue weighted by atomic mass is 16.5. The summed E-state index contributed by atoms with van der Waals surface area (Å²) in [7, 11) is 0. The molecule has 2 atom stereocenters. The highest BCUT2D eigenvalue weighted by molar-refractivity contribution is 5.61. The smallest absolute Gasteiger partial charge is 0.142 e. The van der Waals surface area contributed by atoms with Gasteiger partial charge in [-0.15, -0.1) is 0 Å². The number of fused-ring (bicyclic) bond motifs is 3. The van der Waals surface area contributed by atoms with Gasteiger partial charge in [-0.05, 0) is 31.0 Å². The number of para-hydroxylation sites is 2. The van der Waals surface area contributed by atoms with Gasteiger partial charge in [0.1, 0.15) is 12.4 Å². The Morgan fingerprint density at radius 2 is 2.27 bits per heavy atom. The van der Waals surface area contributed by atoms with Crippen LogP contribution in [0, 0.1) is 5.92 Å². The number of hydrogen-bond acceptors (Lipinski definition) is 3. The summed E-state index contributed by atoms with van der Waals surface area (Å²) in [4.78, 5) is 2.45. The van der Waals surface area contributed by atoms with E-state index in [0.29, 0.717) is 12.0 Å². The normalized spacial score (nSPS) is 28.2. The second-order valence-corrected chi connectivity index (χ2v) is 4.32. The third-order valence-corrected chi connectivity index (χ3v) is 3.57. The first-order valence-electron chi connectivity index (χ1n) is 5.58. The number of nitrogens with zero attached hydrogens (tertiary/aromatic N) is 1. The number of ether oxygens (including phenoxy) is 1. The van der Waals surface area contributed by atoms with Crippen LogP contribution in [0.25, 0.3) is 0 Å². The van der Waals surface area contributed by atoms with E-state index < -0.39 is 0 Å². The summed E-state index contributed by atoms with van der Waals surface area (Å²) >= 11 is 0. The molecule has 1 saturated heterocycles. The van der Waals surface area contributed by atoms with Gasteiger partial charge in [0.25, 0.3) is 0 Å². The van der Waals surface area contributed by atoms with E-state index in [1.54, 1.807) is 0 Å². The zero-order chi connectivity index (χ0) is 10.3. The summed E-state index contributed by atoms with van der Waals surface area (Å²) in [6.07, 6.45) is 1.19. The first kappa shape index (κ1) is 9.04. The van der Waals surface area contributed by atoms with Crippen LogP contribution in [0.5, 0.6) is 5.75 Å². The second kappa shape index (κ2) is 3.42. The standard InChI is InChI=1S/C12H16N2O/c13-7-9-5-6-14-10-3-1-2-4-12(10)15-8-11(9)14/h1-4,9,11H,5-8,13H2. The van der Waals surface area contributed by atoms with Crippen molar-refractivity contribution in [3.8, 4) is 5.75 Å². The van der Waals surface area contributed by atoms with Crippen LogP contribution < -0.4 is 15.4 Å². The molecule has 3 rings (SSSR count). The molecule has 1 aromatic rings. The zero-order valence-electron chi connectivity index (χ0n) is 8.73. The molecule has 1 fully saturated rings. The third-order valence-electron chi connectivity index (χ3n) is 3.57. The Hall–Kier alpha value is -1.22. The summed E-state index contributed by atoms with van der Waals surface area (Å²) in [5.74, 6) is 1.62. The molecule has 2 aliphatic rings. The van der Waals surface area contributed by atoms with E-state index in [0.717, 1.165) is 25.4 Å². The van der Waals surface area contributed by atoms with Crippen LogP contribution in [0.1, 0.15) is 6.42 Å². The molecule has 0 radical (unpaired) electrons. The van der Waals surface area contributed by atoms with Crippen molar-refractivity contribution in [3.63, 3.8) is 0 Å². The molecule has 80 valence electrons. The van der Waals surface area contributed by atoms with E-state index in [4.69, 9.17) is 10.5 Å². The van der Waals surface area contributed by atoms with Gasteiger partial charge < -0.3 is 15.4 Å². The van der Waals surface area contributed by atoms with Gasteiger partial charge in [-0.2, -0.15) is 0 Å². The Balaban J connectivity index is 1.96. The van der Waals surface area contributed by atoms with Crippen molar-refractivity contribution >= 4 is 5.69 Å². The topological polar surface area (TPSA) is 38.5 Å². The van der Waals surface area contributed by atoms with Crippen LogP contribution in [-0.2, 0) is 0 Å². The summed E-state index contributed by atoms with van der Waals surface area (Å²) in [6, 6.07) is 8.77. The van der Waals surface area contributed by atoms with E-state index in [2.05, 4.69) is 17.0 Å². The number of anilines is 1. The van der Waals surface area contributed by atoms with Crippen LogP contribution >= 0.6 is 0 Å². The SMILES string of the molecule is NCC1CCN2c3ccccc3OCC12. The molecule has 0 bridgehead atoms. The van der Waals surface area contributed by atoms with E-state index in [1.165, 1.54) is 12.1 Å². The van der Waals surface area contributed by atoms with Crippen molar-refractivity contribution in [1.29, 1.82) is 0 Å². The first-order chi connectivity index (χ1) is 7.40. The maximum atomic E-state index is 5.78. The monoisotopic (exact) mass is 204 g/mol. The first-order valence-corrected chi connectivity index (χ1v) is 5.58. The quantitative estimate of drug-likeness (QED) is 0.747. The molecular weight excluding hydrogens is 188 g/mol. The lowest BCUT2D eigenvalue weighted by atomic mass is 10.0. The van der Waals surface area contributed by atoms with Crippen molar-refractivity contribution in [2.45, 2.75) is 12.5 Å². The largest absolute Gasteiger partial charge is 0.489 e. The van der Waals surface area contributed by atoms with Gasteiger partial charge in [0, 0.05) is 6.54 Å². The number of hydrogen-bond donors (Lipinski definition) is 1. The van der Waals surface area contributed by atoms with Crippen LogP contribution in [0.3, 0.4) is 0 Å². The molecule has 0 aliphatic carbocycles. The van der Waals surface area contributed by atoms with Gasteiger partial charge in [-0.25, -0.2) is 0 Å². The Kier molecular flexibility index (Phi) is 2.06. The number of rotatable bonds is 1. The Labute approximate surface area is 89.8 Å². The summed E-state index contributed by atoms with van der Waals surface area (Å²) in [5, 5.41) is 0. The second-order valence-electron chi connectivity index (χ2n) is 4.32. The lowest BCUT2D eigenvalue weighted by molar-refractivity contribution is 0.246. The molecule has 0 saturated carbocycles. The predicted octanol–water partition coefficient (Wildman–Crippen LogP) is 1.23. The van der Waals surface area contributed by atoms with E-state index in [1.807, 2.05) is 12.1 Å². The van der Waals surface area contributed by atoms with Gasteiger partial charge in [0.15, 0.2) is 0 Å². The summed E-state index contributed by atoms with van der Waals surface area (Å²) < 4.78 is 5.77. The Morgan fingerprint density at radius 3 is 3.13 bits per heavy atom. The minimum Gasteiger partial charge on any atom is -0.489 e. The van der Waals surface area contributed by atoms with Gasteiger partial charge in [-0.1, -0.05) is 12.1 Å². The van der Waals surface area contributed by atoms with E-state index in [9.17, 15) is 0 Å². The van der Waals surface area contributed by atoms with Crippen LogP contribution in [0.4, 0.5) is 5.69 Å². The van der Waals surface area contributed by atoms with Gasteiger partial charge >= 0.3 is 0 Å². The molecule has 2 unspecified atom stereocenters. The van der Waals surface area contributed by atoms with Crippen LogP contribution in [0.2, 0.25) is 0 Å². The molecule has 2 N–H and O–H groups in total. The molecular formula is C12H16N2O. The maximum Gasteiger partial charge on any atom is 0.142 e. The fourth-order valence-corrected chi connectivity index (χ4v) is 2.71. The van der Waals surface area contributed by atoms with Crippen molar-refractivity contribution in [2.24, 2.45) is 11.7 Å². The Morgan fingerprint density at radius 1 is 1.40 bits per heavy atom. The molecule has 15 heavy (non-hydrogen) atoms. The lowest BCUT2D eigenvalue weighted by Gasteiger charge is -2.35. The fourth-order valence-electron chi connectivity index (χ4n) is 2.71. The Bertz CT molecular complexity index is 366. The lowest BCUT2D eigenvalue weighted by Crippen LogP contribution is -2.43. The summed E-state index contributed by atoms with van der Waals surface area (Å²) in [6.45, 7) is 2.68. The number of nitrogens with two attached hydrogens (primary N) is 1. The molecule has 3 heteroatoms. The predicted molar refractivity (Wildman–Crippen MR) is 60.2 cm³/mol. The van der Waals surface area contributed by atoms with Crippen molar-refractivity contribution in [3.05, 3.63) is 24.3 Å². The minimum absolute atomic E-state index is 0.491. The minimum atomic E-state index is 0.491. The van der Waals surface area contributed by atoms with Gasteiger partial charge in [-0.3, -0.25) is 0 Å². The van der Waals surface area contributed by atoms with Gasteiger partial charge in [0.2, 0.25) is 0 Å². The van der Waals surface area contributed by atoms with Crippen molar-refractivity contribution < 1.29 is 4.74 Å². The average Bonchev–Trinajstić information content (AvgIpc) is 2.72. The third kappa shape index (κ3) is 1.30. The molecule has 0 spiro atoms. The number of benzene rings is 1. The molecule has 3 nitrogen and oxygen atoms in total. The molecule has 0 amide bonds. The molecule has 2 aliphatic heterocycles. The van der Waals surface area contributed by atoms with E-state index >= 15 is 0 Å². The van der Waals surface area contributed by atoms with Gasteiger partial charge in [0.05, 0.1) is 11.7 Å². The summed E-state index contributed by atoms with van der Waals surface area (Å²) in [5.41, 5.74) is 7.02. The van der Waals surface area contributed by atoms with Crippen LogP contribution in [-0.4, -0.2) is 25.7 Å². The van der Waals surface area contributed by atoms with Crippen molar-refractivity contribution in [2.75, 3.05) is 24.6 Å². The molecule has 0 aromatic heterocycles. The highest BCUT2D eigenvalue weighted by Gasteiger charge is 2.37. The zero-order valence-corrected chi connectivity index (χ0v) is 8.73. The molecule has 1 aromatic carbocycles. The van der Waals surface area contributed by atoms with Crippen molar-refractivity contribution in [1.82, 2.24) is 0 Å². The van der Waals surface area contributed by atoms with E-state index in [-0.39, 0.29) is 0 Å². The fraction of sp³-hybridized carbons (Fsp3) is 0.500. The van der Waals surface area contributed by atoms with Crippen LogP contribution in [0.15, 0.2) is 24.3 Å².